The molecule has 2 atom stereocenters. The van der Waals surface area contributed by atoms with Crippen molar-refractivity contribution < 1.29 is 9.59 Å². The van der Waals surface area contributed by atoms with Gasteiger partial charge in [0.25, 0.3) is 5.91 Å². The van der Waals surface area contributed by atoms with Crippen LogP contribution in [-0.4, -0.2) is 58.3 Å². The van der Waals surface area contributed by atoms with Gasteiger partial charge in [-0.2, -0.15) is 5.10 Å². The van der Waals surface area contributed by atoms with Crippen LogP contribution in [0.3, 0.4) is 0 Å². The lowest BCUT2D eigenvalue weighted by Crippen LogP contribution is -2.48. The van der Waals surface area contributed by atoms with Gasteiger partial charge in [-0.1, -0.05) is 12.8 Å². The Morgan fingerprint density at radius 3 is 2.50 bits per heavy atom. The SMILES string of the molecule is CN1C2CCC1CC(NC(=O)c1n[nH]c3ccc(NC(=O)NC4CCCC4)cc13)C2. The largest absolute Gasteiger partial charge is 0.348 e. The van der Waals surface area contributed by atoms with Gasteiger partial charge in [-0.25, -0.2) is 4.79 Å². The highest BCUT2D eigenvalue weighted by Gasteiger charge is 2.39. The number of fused-ring (bicyclic) bond motifs is 3. The number of rotatable bonds is 4. The van der Waals surface area contributed by atoms with Crippen LogP contribution >= 0.6 is 0 Å². The first-order valence-corrected chi connectivity index (χ1v) is 11.2. The summed E-state index contributed by atoms with van der Waals surface area (Å²) in [4.78, 5) is 27.7. The number of H-pyrrole nitrogens is 1. The Balaban J connectivity index is 1.27. The smallest absolute Gasteiger partial charge is 0.319 e. The monoisotopic (exact) mass is 410 g/mol. The lowest BCUT2D eigenvalue weighted by atomic mass is 9.98. The van der Waals surface area contributed by atoms with E-state index in [0.29, 0.717) is 23.5 Å². The lowest BCUT2D eigenvalue weighted by Gasteiger charge is -2.36. The van der Waals surface area contributed by atoms with Crippen molar-refractivity contribution in [2.24, 2.45) is 0 Å². The Kier molecular flexibility index (Phi) is 5.10. The van der Waals surface area contributed by atoms with Gasteiger partial charge in [0.1, 0.15) is 0 Å². The Morgan fingerprint density at radius 2 is 1.77 bits per heavy atom. The number of aromatic nitrogens is 2. The Morgan fingerprint density at radius 1 is 1.03 bits per heavy atom. The third kappa shape index (κ3) is 3.76. The number of urea groups is 1. The number of anilines is 1. The van der Waals surface area contributed by atoms with E-state index < -0.39 is 0 Å². The zero-order chi connectivity index (χ0) is 20.7. The number of carbonyl (C=O) groups excluding carboxylic acids is 2. The van der Waals surface area contributed by atoms with Crippen molar-refractivity contribution in [3.05, 3.63) is 23.9 Å². The van der Waals surface area contributed by atoms with Gasteiger partial charge in [0.2, 0.25) is 0 Å². The number of aromatic amines is 1. The molecule has 8 heteroatoms. The Labute approximate surface area is 176 Å². The molecule has 1 aromatic heterocycles. The second kappa shape index (κ2) is 7.91. The molecule has 1 aromatic carbocycles. The molecule has 30 heavy (non-hydrogen) atoms. The maximum atomic E-state index is 13.0. The molecule has 3 aliphatic rings. The van der Waals surface area contributed by atoms with E-state index in [1.165, 1.54) is 25.7 Å². The van der Waals surface area contributed by atoms with E-state index in [0.717, 1.165) is 36.6 Å². The molecule has 0 spiro atoms. The lowest BCUT2D eigenvalue weighted by molar-refractivity contribution is 0.0879. The van der Waals surface area contributed by atoms with Crippen LogP contribution in [0.1, 0.15) is 61.9 Å². The fraction of sp³-hybridized carbons (Fsp3) is 0.591. The molecule has 2 saturated heterocycles. The summed E-state index contributed by atoms with van der Waals surface area (Å²) in [6.45, 7) is 0. The molecule has 1 saturated carbocycles. The van der Waals surface area contributed by atoms with Gasteiger partial charge in [0, 0.05) is 35.2 Å². The number of nitrogens with one attached hydrogen (secondary N) is 4. The first-order valence-electron chi connectivity index (χ1n) is 11.2. The summed E-state index contributed by atoms with van der Waals surface area (Å²) < 4.78 is 0. The predicted molar refractivity (Wildman–Crippen MR) is 116 cm³/mol. The molecule has 160 valence electrons. The van der Waals surface area contributed by atoms with Crippen molar-refractivity contribution >= 4 is 28.5 Å². The summed E-state index contributed by atoms with van der Waals surface area (Å²) in [5.41, 5.74) is 1.83. The van der Waals surface area contributed by atoms with Crippen LogP contribution in [0, 0.1) is 0 Å². The molecule has 1 aliphatic carbocycles. The molecule has 0 radical (unpaired) electrons. The standard InChI is InChI=1S/C22H30N6O2/c1-28-16-7-8-17(28)11-15(10-16)23-21(29)20-18-12-14(6-9-19(18)26-27-20)25-22(30)24-13-4-2-3-5-13/h6,9,12-13,15-17H,2-5,7-8,10-11H2,1H3,(H,23,29)(H,26,27)(H2,24,25,30). The quantitative estimate of drug-likeness (QED) is 0.622. The zero-order valence-corrected chi connectivity index (χ0v) is 17.4. The van der Waals surface area contributed by atoms with Crippen LogP contribution in [0.15, 0.2) is 18.2 Å². The predicted octanol–water partition coefficient (Wildman–Crippen LogP) is 2.98. The van der Waals surface area contributed by atoms with Gasteiger partial charge in [-0.3, -0.25) is 9.89 Å². The number of hydrogen-bond acceptors (Lipinski definition) is 4. The van der Waals surface area contributed by atoms with E-state index in [1.807, 2.05) is 18.2 Å². The summed E-state index contributed by atoms with van der Waals surface area (Å²) in [7, 11) is 2.19. The Bertz CT molecular complexity index is 936. The van der Waals surface area contributed by atoms with Gasteiger partial charge >= 0.3 is 6.03 Å². The van der Waals surface area contributed by atoms with E-state index in [1.54, 1.807) is 0 Å². The topological polar surface area (TPSA) is 102 Å². The highest BCUT2D eigenvalue weighted by molar-refractivity contribution is 6.06. The molecule has 4 N–H and O–H groups in total. The van der Waals surface area contributed by atoms with Crippen LogP contribution in [-0.2, 0) is 0 Å². The maximum Gasteiger partial charge on any atom is 0.319 e. The third-order valence-electron chi connectivity index (χ3n) is 7.16. The average molecular weight is 411 g/mol. The molecule has 2 aliphatic heterocycles. The van der Waals surface area contributed by atoms with Crippen molar-refractivity contribution in [1.29, 1.82) is 0 Å². The summed E-state index contributed by atoms with van der Waals surface area (Å²) in [6, 6.07) is 6.88. The average Bonchev–Trinajstić information content (AvgIpc) is 3.41. The van der Waals surface area contributed by atoms with E-state index in [2.05, 4.69) is 38.1 Å². The van der Waals surface area contributed by atoms with Crippen LogP contribution < -0.4 is 16.0 Å². The molecule has 5 rings (SSSR count). The van der Waals surface area contributed by atoms with Crippen LogP contribution in [0.25, 0.3) is 10.9 Å². The second-order valence-corrected chi connectivity index (χ2v) is 9.10. The molecule has 2 aromatic rings. The fourth-order valence-electron chi connectivity index (χ4n) is 5.47. The summed E-state index contributed by atoms with van der Waals surface area (Å²) in [6.07, 6.45) is 8.85. The number of benzene rings is 1. The van der Waals surface area contributed by atoms with Gasteiger partial charge in [-0.05, 0) is 63.8 Å². The fourth-order valence-corrected chi connectivity index (χ4v) is 5.47. The molecule has 2 unspecified atom stereocenters. The van der Waals surface area contributed by atoms with E-state index in [-0.39, 0.29) is 24.0 Å². The van der Waals surface area contributed by atoms with Gasteiger partial charge < -0.3 is 20.9 Å². The third-order valence-corrected chi connectivity index (χ3v) is 7.16. The molecule has 3 heterocycles. The minimum Gasteiger partial charge on any atom is -0.348 e. The number of amides is 3. The normalized spacial score (nSPS) is 26.8. The van der Waals surface area contributed by atoms with E-state index in [4.69, 9.17) is 0 Å². The van der Waals surface area contributed by atoms with Crippen LogP contribution in [0.4, 0.5) is 10.5 Å². The highest BCUT2D eigenvalue weighted by atomic mass is 16.2. The molecular formula is C22H30N6O2. The molecule has 3 amide bonds. The number of hydrogen-bond donors (Lipinski definition) is 4. The minimum absolute atomic E-state index is 0.150. The van der Waals surface area contributed by atoms with Gasteiger partial charge in [-0.15, -0.1) is 0 Å². The highest BCUT2D eigenvalue weighted by Crippen LogP contribution is 2.34. The number of nitrogens with zero attached hydrogens (tertiary/aromatic N) is 2. The minimum atomic E-state index is -0.197. The van der Waals surface area contributed by atoms with Crippen molar-refractivity contribution in [2.45, 2.75) is 75.5 Å². The van der Waals surface area contributed by atoms with Crippen molar-refractivity contribution in [2.75, 3.05) is 12.4 Å². The van der Waals surface area contributed by atoms with Crippen molar-refractivity contribution in [3.63, 3.8) is 0 Å². The molecular weight excluding hydrogens is 380 g/mol. The Hall–Kier alpha value is -2.61. The molecule has 3 fully saturated rings. The second-order valence-electron chi connectivity index (χ2n) is 9.10. The molecule has 8 nitrogen and oxygen atoms in total. The summed E-state index contributed by atoms with van der Waals surface area (Å²) >= 11 is 0. The van der Waals surface area contributed by atoms with E-state index >= 15 is 0 Å². The first-order chi connectivity index (χ1) is 14.6. The number of piperidine rings is 1. The van der Waals surface area contributed by atoms with Crippen molar-refractivity contribution in [1.82, 2.24) is 25.7 Å². The van der Waals surface area contributed by atoms with Crippen LogP contribution in [0.5, 0.6) is 0 Å². The van der Waals surface area contributed by atoms with Crippen LogP contribution in [0.2, 0.25) is 0 Å². The summed E-state index contributed by atoms with van der Waals surface area (Å²) in [5.74, 6) is -0.150. The van der Waals surface area contributed by atoms with Gasteiger partial charge in [0.15, 0.2) is 5.69 Å². The maximum absolute atomic E-state index is 13.0. The summed E-state index contributed by atoms with van der Waals surface area (Å²) in [5, 5.41) is 17.0. The zero-order valence-electron chi connectivity index (χ0n) is 17.4. The van der Waals surface area contributed by atoms with Gasteiger partial charge in [0.05, 0.1) is 5.52 Å². The van der Waals surface area contributed by atoms with Crippen molar-refractivity contribution in [3.8, 4) is 0 Å². The number of carbonyl (C=O) groups is 2. The van der Waals surface area contributed by atoms with E-state index in [9.17, 15) is 9.59 Å². The first kappa shape index (κ1) is 19.4. The molecule has 2 bridgehead atoms.